The van der Waals surface area contributed by atoms with E-state index in [1.165, 1.54) is 12.8 Å². The van der Waals surface area contributed by atoms with Crippen LogP contribution in [-0.2, 0) is 13.0 Å². The first-order valence-electron chi connectivity index (χ1n) is 9.08. The Kier molecular flexibility index (Phi) is 4.29. The molecule has 1 unspecified atom stereocenters. The highest BCUT2D eigenvalue weighted by molar-refractivity contribution is 5.94. The molecule has 0 aromatic carbocycles. The average Bonchev–Trinajstić information content (AvgIpc) is 3.33. The maximum atomic E-state index is 12.8. The van der Waals surface area contributed by atoms with E-state index in [0.717, 1.165) is 49.4 Å². The van der Waals surface area contributed by atoms with E-state index in [2.05, 4.69) is 42.2 Å². The third-order valence-electron chi connectivity index (χ3n) is 5.39. The highest BCUT2D eigenvalue weighted by Gasteiger charge is 2.27. The second-order valence-corrected chi connectivity index (χ2v) is 7.25. The molecule has 2 aromatic rings. The lowest BCUT2D eigenvalue weighted by Gasteiger charge is -2.22. The number of rotatable bonds is 4. The Morgan fingerprint density at radius 2 is 2.20 bits per heavy atom. The van der Waals surface area contributed by atoms with Crippen LogP contribution < -0.4 is 5.32 Å². The number of aromatic amines is 1. The van der Waals surface area contributed by atoms with Crippen LogP contribution in [0.5, 0.6) is 0 Å². The Balaban J connectivity index is 1.50. The van der Waals surface area contributed by atoms with E-state index in [1.54, 1.807) is 6.33 Å². The number of carbonyl (C=O) groups is 1. The molecule has 1 amide bonds. The molecule has 8 nitrogen and oxygen atoms in total. The zero-order valence-corrected chi connectivity index (χ0v) is 14.8. The van der Waals surface area contributed by atoms with Crippen molar-refractivity contribution in [3.8, 4) is 0 Å². The summed E-state index contributed by atoms with van der Waals surface area (Å²) in [6.07, 6.45) is 7.50. The smallest absolute Gasteiger partial charge is 0.272 e. The normalized spacial score (nSPS) is 19.8. The van der Waals surface area contributed by atoms with E-state index < -0.39 is 0 Å². The van der Waals surface area contributed by atoms with Gasteiger partial charge in [-0.25, -0.2) is 0 Å². The molecule has 1 aliphatic carbocycles. The molecule has 0 saturated heterocycles. The number of carbonyl (C=O) groups excluding carboxylic acids is 1. The summed E-state index contributed by atoms with van der Waals surface area (Å²) in [5.41, 5.74) is 2.58. The molecule has 0 bridgehead atoms. The molecule has 25 heavy (non-hydrogen) atoms. The summed E-state index contributed by atoms with van der Waals surface area (Å²) in [4.78, 5) is 15.0. The fourth-order valence-corrected chi connectivity index (χ4v) is 3.97. The lowest BCUT2D eigenvalue weighted by atomic mass is 10.1. The zero-order valence-electron chi connectivity index (χ0n) is 14.8. The molecule has 1 aliphatic heterocycles. The highest BCUT2D eigenvalue weighted by atomic mass is 16.2. The van der Waals surface area contributed by atoms with Gasteiger partial charge in [0, 0.05) is 36.8 Å². The SMILES string of the molecule is CC(NC(=O)c1n[nH]c2c1CN(C)CC2)c1nncn1C1CCCC1. The van der Waals surface area contributed by atoms with Gasteiger partial charge in [0.2, 0.25) is 0 Å². The van der Waals surface area contributed by atoms with Crippen LogP contribution in [0, 0.1) is 0 Å². The summed E-state index contributed by atoms with van der Waals surface area (Å²) in [6.45, 7) is 3.69. The van der Waals surface area contributed by atoms with E-state index >= 15 is 0 Å². The summed E-state index contributed by atoms with van der Waals surface area (Å²) >= 11 is 0. The second-order valence-electron chi connectivity index (χ2n) is 7.25. The highest BCUT2D eigenvalue weighted by Crippen LogP contribution is 2.31. The van der Waals surface area contributed by atoms with Gasteiger partial charge in [-0.05, 0) is 26.8 Å². The first-order chi connectivity index (χ1) is 12.1. The van der Waals surface area contributed by atoms with E-state index in [4.69, 9.17) is 0 Å². The number of aromatic nitrogens is 5. The number of fused-ring (bicyclic) bond motifs is 1. The zero-order chi connectivity index (χ0) is 17.4. The molecule has 2 aromatic heterocycles. The number of nitrogens with zero attached hydrogens (tertiary/aromatic N) is 5. The topological polar surface area (TPSA) is 91.7 Å². The van der Waals surface area contributed by atoms with Crippen molar-refractivity contribution in [2.24, 2.45) is 0 Å². The van der Waals surface area contributed by atoms with Crippen molar-refractivity contribution in [2.45, 2.75) is 57.7 Å². The van der Waals surface area contributed by atoms with Crippen molar-refractivity contribution in [1.82, 2.24) is 35.2 Å². The van der Waals surface area contributed by atoms with Gasteiger partial charge in [-0.1, -0.05) is 12.8 Å². The number of amides is 1. The van der Waals surface area contributed by atoms with Crippen molar-refractivity contribution >= 4 is 5.91 Å². The third kappa shape index (κ3) is 3.06. The third-order valence-corrected chi connectivity index (χ3v) is 5.39. The van der Waals surface area contributed by atoms with Crippen LogP contribution in [0.3, 0.4) is 0 Å². The van der Waals surface area contributed by atoms with Gasteiger partial charge in [0.15, 0.2) is 11.5 Å². The predicted molar refractivity (Wildman–Crippen MR) is 92.0 cm³/mol. The van der Waals surface area contributed by atoms with Gasteiger partial charge in [0.05, 0.1) is 6.04 Å². The Morgan fingerprint density at radius 3 is 3.00 bits per heavy atom. The van der Waals surface area contributed by atoms with Crippen LogP contribution in [0.25, 0.3) is 0 Å². The van der Waals surface area contributed by atoms with E-state index in [9.17, 15) is 4.79 Å². The van der Waals surface area contributed by atoms with Gasteiger partial charge in [0.1, 0.15) is 6.33 Å². The number of likely N-dealkylation sites (N-methyl/N-ethyl adjacent to an activating group) is 1. The fraction of sp³-hybridized carbons (Fsp3) is 0.647. The Bertz CT molecular complexity index is 759. The first kappa shape index (κ1) is 16.3. The molecular formula is C17H25N7O. The minimum atomic E-state index is -0.204. The standard InChI is InChI=1S/C17H25N7O/c1-11(16-22-18-10-24(16)12-5-3-4-6-12)19-17(25)15-13-9-23(2)8-7-14(13)20-21-15/h10-12H,3-9H2,1-2H3,(H,19,25)(H,20,21). The first-order valence-corrected chi connectivity index (χ1v) is 9.08. The summed E-state index contributed by atoms with van der Waals surface area (Å²) in [5, 5.41) is 18.7. The van der Waals surface area contributed by atoms with Crippen LogP contribution >= 0.6 is 0 Å². The van der Waals surface area contributed by atoms with E-state index in [-0.39, 0.29) is 11.9 Å². The molecule has 2 N–H and O–H groups in total. The minimum Gasteiger partial charge on any atom is -0.341 e. The molecule has 1 fully saturated rings. The lowest BCUT2D eigenvalue weighted by molar-refractivity contribution is 0.0930. The summed E-state index contributed by atoms with van der Waals surface area (Å²) < 4.78 is 2.13. The molecular weight excluding hydrogens is 318 g/mol. The van der Waals surface area contributed by atoms with Gasteiger partial charge in [-0.15, -0.1) is 10.2 Å². The van der Waals surface area contributed by atoms with Crippen molar-refractivity contribution in [1.29, 1.82) is 0 Å². The van der Waals surface area contributed by atoms with Gasteiger partial charge in [0.25, 0.3) is 5.91 Å². The monoisotopic (exact) mass is 343 g/mol. The Morgan fingerprint density at radius 1 is 1.40 bits per heavy atom. The number of nitrogens with one attached hydrogen (secondary N) is 2. The second kappa shape index (κ2) is 6.59. The van der Waals surface area contributed by atoms with Crippen LogP contribution in [0.4, 0.5) is 0 Å². The van der Waals surface area contributed by atoms with Gasteiger partial charge < -0.3 is 14.8 Å². The predicted octanol–water partition coefficient (Wildman–Crippen LogP) is 1.60. The number of hydrogen-bond acceptors (Lipinski definition) is 5. The van der Waals surface area contributed by atoms with Crippen molar-refractivity contribution in [3.05, 3.63) is 29.1 Å². The van der Waals surface area contributed by atoms with Crippen LogP contribution in [-0.4, -0.2) is 49.4 Å². The molecule has 134 valence electrons. The Labute approximate surface area is 147 Å². The van der Waals surface area contributed by atoms with Crippen molar-refractivity contribution in [3.63, 3.8) is 0 Å². The number of hydrogen-bond donors (Lipinski definition) is 2. The molecule has 4 rings (SSSR count). The van der Waals surface area contributed by atoms with Crippen molar-refractivity contribution in [2.75, 3.05) is 13.6 Å². The molecule has 1 saturated carbocycles. The largest absolute Gasteiger partial charge is 0.341 e. The van der Waals surface area contributed by atoms with Crippen LogP contribution in [0.2, 0.25) is 0 Å². The maximum absolute atomic E-state index is 12.8. The number of H-pyrrole nitrogens is 1. The molecule has 3 heterocycles. The average molecular weight is 343 g/mol. The molecule has 1 atom stereocenters. The fourth-order valence-electron chi connectivity index (χ4n) is 3.97. The van der Waals surface area contributed by atoms with Gasteiger partial charge in [-0.3, -0.25) is 9.89 Å². The quantitative estimate of drug-likeness (QED) is 0.880. The van der Waals surface area contributed by atoms with Crippen LogP contribution in [0.1, 0.15) is 72.3 Å². The van der Waals surface area contributed by atoms with Gasteiger partial charge in [-0.2, -0.15) is 5.10 Å². The summed E-state index contributed by atoms with van der Waals surface area (Å²) in [5.74, 6) is 0.669. The molecule has 8 heteroatoms. The summed E-state index contributed by atoms with van der Waals surface area (Å²) in [7, 11) is 2.06. The molecule has 0 spiro atoms. The summed E-state index contributed by atoms with van der Waals surface area (Å²) in [6, 6.07) is 0.250. The van der Waals surface area contributed by atoms with E-state index in [0.29, 0.717) is 11.7 Å². The van der Waals surface area contributed by atoms with E-state index in [1.807, 2.05) is 6.92 Å². The van der Waals surface area contributed by atoms with Crippen LogP contribution in [0.15, 0.2) is 6.33 Å². The Hall–Kier alpha value is -2.22. The maximum Gasteiger partial charge on any atom is 0.272 e. The molecule has 0 radical (unpaired) electrons. The molecule has 2 aliphatic rings. The lowest BCUT2D eigenvalue weighted by Crippen LogP contribution is -2.32. The van der Waals surface area contributed by atoms with Crippen molar-refractivity contribution < 1.29 is 4.79 Å². The van der Waals surface area contributed by atoms with Gasteiger partial charge >= 0.3 is 0 Å². The minimum absolute atomic E-state index is 0.152.